The van der Waals surface area contributed by atoms with E-state index in [0.29, 0.717) is 25.8 Å². The Kier molecular flexibility index (Phi) is 8.14. The first-order valence-corrected chi connectivity index (χ1v) is 8.04. The fraction of sp³-hybridized carbons (Fsp3) is 0.600. The molecule has 1 aromatic carbocycles. The van der Waals surface area contributed by atoms with Crippen LogP contribution < -0.4 is 5.32 Å². The maximum absolute atomic E-state index is 5.52. The summed E-state index contributed by atoms with van der Waals surface area (Å²) in [5.74, 6) is 0. The molecule has 1 atom stereocenters. The van der Waals surface area contributed by atoms with E-state index >= 15 is 0 Å². The lowest BCUT2D eigenvalue weighted by Gasteiger charge is -2.21. The van der Waals surface area contributed by atoms with E-state index in [1.807, 2.05) is 13.8 Å². The molecule has 0 saturated carbocycles. The Hall–Kier alpha value is -0.550. The summed E-state index contributed by atoms with van der Waals surface area (Å²) >= 11 is 1.76. The molecule has 1 rings (SSSR count). The Labute approximate surface area is 121 Å². The SMILES string of the molecule is CCOC(CNC(C)c1ccc(SC)cc1)OCC. The topological polar surface area (TPSA) is 30.5 Å². The second kappa shape index (κ2) is 9.37. The standard InChI is InChI=1S/C15H25NO2S/c1-5-17-15(18-6-2)11-16-12(3)13-7-9-14(19-4)10-8-13/h7-10,12,15-16H,5-6,11H2,1-4H3. The zero-order valence-corrected chi connectivity index (χ0v) is 13.1. The summed E-state index contributed by atoms with van der Waals surface area (Å²) in [7, 11) is 0. The van der Waals surface area contributed by atoms with E-state index in [2.05, 4.69) is 42.8 Å². The number of rotatable bonds is 9. The molecule has 0 amide bonds. The molecular formula is C15H25NO2S. The van der Waals surface area contributed by atoms with Crippen LogP contribution in [0.2, 0.25) is 0 Å². The van der Waals surface area contributed by atoms with E-state index in [-0.39, 0.29) is 6.29 Å². The Balaban J connectivity index is 2.45. The predicted octanol–water partition coefficient (Wildman–Crippen LogP) is 3.46. The van der Waals surface area contributed by atoms with Crippen molar-refractivity contribution in [2.45, 2.75) is 38.0 Å². The lowest BCUT2D eigenvalue weighted by atomic mass is 10.1. The first-order chi connectivity index (χ1) is 9.21. The summed E-state index contributed by atoms with van der Waals surface area (Å²) in [4.78, 5) is 1.29. The van der Waals surface area contributed by atoms with Gasteiger partial charge < -0.3 is 14.8 Å². The minimum absolute atomic E-state index is 0.164. The lowest BCUT2D eigenvalue weighted by molar-refractivity contribution is -0.133. The summed E-state index contributed by atoms with van der Waals surface area (Å²) in [6, 6.07) is 8.93. The van der Waals surface area contributed by atoms with Crippen LogP contribution in [0.15, 0.2) is 29.2 Å². The maximum atomic E-state index is 5.52. The van der Waals surface area contributed by atoms with Gasteiger partial charge >= 0.3 is 0 Å². The third-order valence-corrected chi connectivity index (χ3v) is 3.66. The quantitative estimate of drug-likeness (QED) is 0.555. The van der Waals surface area contributed by atoms with Gasteiger partial charge in [-0.3, -0.25) is 0 Å². The van der Waals surface area contributed by atoms with Crippen LogP contribution in [0, 0.1) is 0 Å². The largest absolute Gasteiger partial charge is 0.352 e. The normalized spacial score (nSPS) is 12.9. The van der Waals surface area contributed by atoms with Crippen LogP contribution in [0.4, 0.5) is 0 Å². The van der Waals surface area contributed by atoms with Gasteiger partial charge in [0, 0.05) is 30.7 Å². The Morgan fingerprint density at radius 2 is 1.68 bits per heavy atom. The molecule has 0 fully saturated rings. The van der Waals surface area contributed by atoms with E-state index in [9.17, 15) is 0 Å². The Morgan fingerprint density at radius 3 is 2.16 bits per heavy atom. The van der Waals surface area contributed by atoms with Crippen LogP contribution in [0.1, 0.15) is 32.4 Å². The molecule has 1 aromatic rings. The van der Waals surface area contributed by atoms with Gasteiger partial charge in [0.25, 0.3) is 0 Å². The summed E-state index contributed by atoms with van der Waals surface area (Å²) in [5.41, 5.74) is 1.28. The minimum atomic E-state index is -0.164. The second-order valence-corrected chi connectivity index (χ2v) is 5.12. The molecule has 0 aliphatic rings. The monoisotopic (exact) mass is 283 g/mol. The number of nitrogens with one attached hydrogen (secondary N) is 1. The van der Waals surface area contributed by atoms with Crippen LogP contribution in [0.3, 0.4) is 0 Å². The average Bonchev–Trinajstić information content (AvgIpc) is 2.45. The van der Waals surface area contributed by atoms with Gasteiger partial charge in [0.15, 0.2) is 6.29 Å². The van der Waals surface area contributed by atoms with Gasteiger partial charge in [-0.05, 0) is 44.7 Å². The maximum Gasteiger partial charge on any atom is 0.169 e. The highest BCUT2D eigenvalue weighted by Gasteiger charge is 2.11. The van der Waals surface area contributed by atoms with Crippen LogP contribution in [-0.4, -0.2) is 32.3 Å². The van der Waals surface area contributed by atoms with Crippen molar-refractivity contribution in [2.75, 3.05) is 26.0 Å². The van der Waals surface area contributed by atoms with Crippen LogP contribution in [-0.2, 0) is 9.47 Å². The number of hydrogen-bond donors (Lipinski definition) is 1. The van der Waals surface area contributed by atoms with Gasteiger partial charge in [-0.1, -0.05) is 12.1 Å². The molecule has 0 bridgehead atoms. The van der Waals surface area contributed by atoms with Crippen molar-refractivity contribution in [3.63, 3.8) is 0 Å². The lowest BCUT2D eigenvalue weighted by Crippen LogP contribution is -2.33. The number of thioether (sulfide) groups is 1. The fourth-order valence-corrected chi connectivity index (χ4v) is 2.23. The molecule has 0 spiro atoms. The van der Waals surface area contributed by atoms with E-state index in [1.54, 1.807) is 11.8 Å². The van der Waals surface area contributed by atoms with E-state index in [0.717, 1.165) is 0 Å². The van der Waals surface area contributed by atoms with Crippen molar-refractivity contribution < 1.29 is 9.47 Å². The summed E-state index contributed by atoms with van der Waals surface area (Å²) < 4.78 is 11.0. The van der Waals surface area contributed by atoms with Crippen molar-refractivity contribution >= 4 is 11.8 Å². The molecule has 0 heterocycles. The molecule has 0 saturated heterocycles. The molecule has 0 radical (unpaired) electrons. The summed E-state index contributed by atoms with van der Waals surface area (Å²) in [5, 5.41) is 3.45. The number of hydrogen-bond acceptors (Lipinski definition) is 4. The van der Waals surface area contributed by atoms with Gasteiger partial charge in [0.05, 0.1) is 0 Å². The molecule has 1 N–H and O–H groups in total. The highest BCUT2D eigenvalue weighted by molar-refractivity contribution is 7.98. The van der Waals surface area contributed by atoms with Crippen molar-refractivity contribution in [3.05, 3.63) is 29.8 Å². The third kappa shape index (κ3) is 5.95. The van der Waals surface area contributed by atoms with Gasteiger partial charge in [-0.25, -0.2) is 0 Å². The van der Waals surface area contributed by atoms with Crippen molar-refractivity contribution in [2.24, 2.45) is 0 Å². The second-order valence-electron chi connectivity index (χ2n) is 4.24. The summed E-state index contributed by atoms with van der Waals surface area (Å²) in [6.45, 7) is 8.16. The fourth-order valence-electron chi connectivity index (χ4n) is 1.82. The molecule has 0 aliphatic heterocycles. The first kappa shape index (κ1) is 16.5. The Morgan fingerprint density at radius 1 is 1.11 bits per heavy atom. The molecular weight excluding hydrogens is 258 g/mol. The predicted molar refractivity (Wildman–Crippen MR) is 81.7 cm³/mol. The number of benzene rings is 1. The van der Waals surface area contributed by atoms with E-state index in [4.69, 9.17) is 9.47 Å². The highest BCUT2D eigenvalue weighted by atomic mass is 32.2. The number of ether oxygens (including phenoxy) is 2. The molecule has 1 unspecified atom stereocenters. The molecule has 108 valence electrons. The van der Waals surface area contributed by atoms with Crippen molar-refractivity contribution in [1.29, 1.82) is 0 Å². The van der Waals surface area contributed by atoms with E-state index < -0.39 is 0 Å². The molecule has 0 aliphatic carbocycles. The molecule has 19 heavy (non-hydrogen) atoms. The van der Waals surface area contributed by atoms with Gasteiger partial charge in [-0.15, -0.1) is 11.8 Å². The van der Waals surface area contributed by atoms with Crippen molar-refractivity contribution in [3.8, 4) is 0 Å². The highest BCUT2D eigenvalue weighted by Crippen LogP contribution is 2.18. The smallest absolute Gasteiger partial charge is 0.169 e. The van der Waals surface area contributed by atoms with Crippen LogP contribution >= 0.6 is 11.8 Å². The first-order valence-electron chi connectivity index (χ1n) is 6.81. The molecule has 4 heteroatoms. The van der Waals surface area contributed by atoms with Crippen LogP contribution in [0.25, 0.3) is 0 Å². The minimum Gasteiger partial charge on any atom is -0.352 e. The average molecular weight is 283 g/mol. The molecule has 0 aromatic heterocycles. The zero-order valence-electron chi connectivity index (χ0n) is 12.3. The van der Waals surface area contributed by atoms with E-state index in [1.165, 1.54) is 10.5 Å². The van der Waals surface area contributed by atoms with Crippen LogP contribution in [0.5, 0.6) is 0 Å². The zero-order chi connectivity index (χ0) is 14.1. The molecule has 3 nitrogen and oxygen atoms in total. The third-order valence-electron chi connectivity index (χ3n) is 2.91. The van der Waals surface area contributed by atoms with Gasteiger partial charge in [-0.2, -0.15) is 0 Å². The van der Waals surface area contributed by atoms with Gasteiger partial charge in [0.1, 0.15) is 0 Å². The van der Waals surface area contributed by atoms with Crippen molar-refractivity contribution in [1.82, 2.24) is 5.32 Å². The summed E-state index contributed by atoms with van der Waals surface area (Å²) in [6.07, 6.45) is 1.92. The van der Waals surface area contributed by atoms with Gasteiger partial charge in [0.2, 0.25) is 0 Å². The Bertz CT molecular complexity index is 337.